The summed E-state index contributed by atoms with van der Waals surface area (Å²) in [6.07, 6.45) is 1.95. The average Bonchev–Trinajstić information content (AvgIpc) is 2.27. The molecule has 1 unspecified atom stereocenters. The van der Waals surface area contributed by atoms with E-state index in [9.17, 15) is 4.79 Å². The standard InChI is InChI=1S/C11H10O3/c1-13-11-9(7-12)6-8-4-2-3-5-10(8)14-11/h2-7,11H,1H3. The minimum Gasteiger partial charge on any atom is -0.460 e. The number of carbonyl (C=O) groups is 1. The fourth-order valence-electron chi connectivity index (χ4n) is 1.41. The van der Waals surface area contributed by atoms with E-state index in [-0.39, 0.29) is 0 Å². The van der Waals surface area contributed by atoms with E-state index in [1.165, 1.54) is 7.11 Å². The lowest BCUT2D eigenvalue weighted by molar-refractivity contribution is -0.108. The first-order valence-electron chi connectivity index (χ1n) is 4.30. The van der Waals surface area contributed by atoms with Gasteiger partial charge in [-0.05, 0) is 12.1 Å². The van der Waals surface area contributed by atoms with Crippen molar-refractivity contribution in [3.8, 4) is 5.75 Å². The minimum atomic E-state index is -0.581. The van der Waals surface area contributed by atoms with Crippen LogP contribution in [0.2, 0.25) is 0 Å². The maximum atomic E-state index is 10.7. The molecule has 1 aromatic rings. The Kier molecular flexibility index (Phi) is 2.33. The van der Waals surface area contributed by atoms with E-state index in [0.717, 1.165) is 17.6 Å². The van der Waals surface area contributed by atoms with Gasteiger partial charge in [-0.2, -0.15) is 0 Å². The third kappa shape index (κ3) is 1.42. The molecule has 14 heavy (non-hydrogen) atoms. The van der Waals surface area contributed by atoms with Gasteiger partial charge in [0.05, 0.1) is 5.57 Å². The van der Waals surface area contributed by atoms with E-state index >= 15 is 0 Å². The summed E-state index contributed by atoms with van der Waals surface area (Å²) in [5.41, 5.74) is 1.41. The van der Waals surface area contributed by atoms with Crippen LogP contribution < -0.4 is 4.74 Å². The zero-order valence-electron chi connectivity index (χ0n) is 7.77. The molecule has 3 nitrogen and oxygen atoms in total. The Bertz CT molecular complexity index is 382. The summed E-state index contributed by atoms with van der Waals surface area (Å²) in [7, 11) is 1.51. The van der Waals surface area contributed by atoms with Crippen LogP contribution in [-0.2, 0) is 9.53 Å². The van der Waals surface area contributed by atoms with Gasteiger partial charge in [-0.25, -0.2) is 0 Å². The molecule has 3 heteroatoms. The number of methoxy groups -OCH3 is 1. The average molecular weight is 190 g/mol. The van der Waals surface area contributed by atoms with Crippen LogP contribution in [0, 0.1) is 0 Å². The number of rotatable bonds is 2. The van der Waals surface area contributed by atoms with Crippen LogP contribution in [0.1, 0.15) is 5.56 Å². The molecule has 0 radical (unpaired) electrons. The van der Waals surface area contributed by atoms with E-state index in [0.29, 0.717) is 5.57 Å². The zero-order chi connectivity index (χ0) is 9.97. The van der Waals surface area contributed by atoms with Crippen molar-refractivity contribution in [3.05, 3.63) is 35.4 Å². The summed E-state index contributed by atoms with van der Waals surface area (Å²) in [4.78, 5) is 10.7. The summed E-state index contributed by atoms with van der Waals surface area (Å²) in [5.74, 6) is 0.741. The molecule has 0 aromatic heterocycles. The number of aldehydes is 1. The van der Waals surface area contributed by atoms with Crippen LogP contribution in [-0.4, -0.2) is 19.7 Å². The lowest BCUT2D eigenvalue weighted by Gasteiger charge is -2.22. The lowest BCUT2D eigenvalue weighted by atomic mass is 10.1. The predicted molar refractivity (Wildman–Crippen MR) is 51.9 cm³/mol. The summed E-state index contributed by atoms with van der Waals surface area (Å²) in [6, 6.07) is 7.52. The third-order valence-corrected chi connectivity index (χ3v) is 2.10. The van der Waals surface area contributed by atoms with Gasteiger partial charge in [0.1, 0.15) is 5.75 Å². The molecule has 0 bridgehead atoms. The third-order valence-electron chi connectivity index (χ3n) is 2.10. The van der Waals surface area contributed by atoms with Crippen LogP contribution in [0.5, 0.6) is 5.75 Å². The van der Waals surface area contributed by atoms with E-state index < -0.39 is 6.29 Å². The Hall–Kier alpha value is -1.61. The Morgan fingerprint density at radius 2 is 2.21 bits per heavy atom. The molecule has 0 aliphatic carbocycles. The van der Waals surface area contributed by atoms with Gasteiger partial charge >= 0.3 is 0 Å². The number of benzene rings is 1. The summed E-state index contributed by atoms with van der Waals surface area (Å²) in [5, 5.41) is 0. The number of carbonyl (C=O) groups excluding carboxylic acids is 1. The summed E-state index contributed by atoms with van der Waals surface area (Å²) in [6.45, 7) is 0. The van der Waals surface area contributed by atoms with Gasteiger partial charge in [-0.1, -0.05) is 18.2 Å². The van der Waals surface area contributed by atoms with Crippen molar-refractivity contribution in [2.75, 3.05) is 7.11 Å². The highest BCUT2D eigenvalue weighted by atomic mass is 16.7. The lowest BCUT2D eigenvalue weighted by Crippen LogP contribution is -2.25. The highest BCUT2D eigenvalue weighted by Gasteiger charge is 2.21. The number of ether oxygens (including phenoxy) is 2. The second-order valence-corrected chi connectivity index (χ2v) is 2.99. The van der Waals surface area contributed by atoms with Crippen molar-refractivity contribution < 1.29 is 14.3 Å². The molecule has 1 atom stereocenters. The summed E-state index contributed by atoms with van der Waals surface area (Å²) >= 11 is 0. The molecular weight excluding hydrogens is 180 g/mol. The molecule has 0 fully saturated rings. The van der Waals surface area contributed by atoms with Crippen molar-refractivity contribution in [3.63, 3.8) is 0 Å². The van der Waals surface area contributed by atoms with Crippen LogP contribution >= 0.6 is 0 Å². The molecule has 1 aromatic carbocycles. The first-order valence-corrected chi connectivity index (χ1v) is 4.30. The van der Waals surface area contributed by atoms with Crippen molar-refractivity contribution in [2.24, 2.45) is 0 Å². The van der Waals surface area contributed by atoms with Crippen LogP contribution in [0.4, 0.5) is 0 Å². The first kappa shape index (κ1) is 8.97. The summed E-state index contributed by atoms with van der Waals surface area (Å²) < 4.78 is 10.5. The Labute approximate surface area is 81.9 Å². The topological polar surface area (TPSA) is 35.5 Å². The molecule has 2 rings (SSSR count). The monoisotopic (exact) mass is 190 g/mol. The maximum absolute atomic E-state index is 10.7. The van der Waals surface area contributed by atoms with Crippen molar-refractivity contribution in [1.82, 2.24) is 0 Å². The second-order valence-electron chi connectivity index (χ2n) is 2.99. The molecule has 1 aliphatic heterocycles. The zero-order valence-corrected chi connectivity index (χ0v) is 7.77. The highest BCUT2D eigenvalue weighted by Crippen LogP contribution is 2.28. The molecular formula is C11H10O3. The fourth-order valence-corrected chi connectivity index (χ4v) is 1.41. The Balaban J connectivity index is 2.44. The highest BCUT2D eigenvalue weighted by molar-refractivity contribution is 5.84. The quantitative estimate of drug-likeness (QED) is 0.665. The van der Waals surface area contributed by atoms with Crippen LogP contribution in [0.25, 0.3) is 6.08 Å². The molecule has 1 aliphatic rings. The minimum absolute atomic E-state index is 0.506. The molecule has 1 heterocycles. The smallest absolute Gasteiger partial charge is 0.229 e. The normalized spacial score (nSPS) is 19.2. The van der Waals surface area contributed by atoms with Crippen molar-refractivity contribution in [1.29, 1.82) is 0 Å². The van der Waals surface area contributed by atoms with Crippen LogP contribution in [0.3, 0.4) is 0 Å². The van der Waals surface area contributed by atoms with E-state index in [4.69, 9.17) is 9.47 Å². The first-order chi connectivity index (χ1) is 6.85. The number of hydrogen-bond donors (Lipinski definition) is 0. The van der Waals surface area contributed by atoms with Gasteiger partial charge in [0.25, 0.3) is 0 Å². The molecule has 0 amide bonds. The van der Waals surface area contributed by atoms with Crippen molar-refractivity contribution in [2.45, 2.75) is 6.29 Å². The number of para-hydroxylation sites is 1. The van der Waals surface area contributed by atoms with Gasteiger partial charge in [0.15, 0.2) is 6.29 Å². The van der Waals surface area contributed by atoms with Gasteiger partial charge in [0.2, 0.25) is 6.29 Å². The largest absolute Gasteiger partial charge is 0.460 e. The maximum Gasteiger partial charge on any atom is 0.229 e. The molecule has 0 N–H and O–H groups in total. The van der Waals surface area contributed by atoms with Crippen LogP contribution in [0.15, 0.2) is 29.8 Å². The number of fused-ring (bicyclic) bond motifs is 1. The van der Waals surface area contributed by atoms with E-state index in [2.05, 4.69) is 0 Å². The van der Waals surface area contributed by atoms with E-state index in [1.807, 2.05) is 24.3 Å². The fraction of sp³-hybridized carbons (Fsp3) is 0.182. The predicted octanol–water partition coefficient (Wildman–Crippen LogP) is 1.63. The molecule has 0 spiro atoms. The van der Waals surface area contributed by atoms with Gasteiger partial charge in [-0.3, -0.25) is 4.79 Å². The van der Waals surface area contributed by atoms with Gasteiger partial charge in [0, 0.05) is 12.7 Å². The van der Waals surface area contributed by atoms with E-state index in [1.54, 1.807) is 6.08 Å². The second kappa shape index (κ2) is 3.64. The Morgan fingerprint density at radius 1 is 1.43 bits per heavy atom. The van der Waals surface area contributed by atoms with Gasteiger partial charge in [-0.15, -0.1) is 0 Å². The molecule has 72 valence electrons. The molecule has 0 saturated carbocycles. The Morgan fingerprint density at radius 3 is 2.93 bits per heavy atom. The SMILES string of the molecule is COC1Oc2ccccc2C=C1C=O. The molecule has 0 saturated heterocycles. The van der Waals surface area contributed by atoms with Crippen molar-refractivity contribution >= 4 is 12.4 Å². The van der Waals surface area contributed by atoms with Gasteiger partial charge < -0.3 is 9.47 Å². The number of hydrogen-bond acceptors (Lipinski definition) is 3.